The fraction of sp³-hybridized carbons (Fsp3) is 0.0769. The number of pyridine rings is 1. The molecule has 1 aliphatic rings. The van der Waals surface area contributed by atoms with Gasteiger partial charge in [-0.15, -0.1) is 5.11 Å². The zero-order valence-electron chi connectivity index (χ0n) is 9.75. The van der Waals surface area contributed by atoms with Gasteiger partial charge in [-0.1, -0.05) is 11.6 Å². The summed E-state index contributed by atoms with van der Waals surface area (Å²) >= 11 is 5.78. The van der Waals surface area contributed by atoms with Gasteiger partial charge in [0.05, 0.1) is 0 Å². The first-order valence-corrected chi connectivity index (χ1v) is 6.04. The fourth-order valence-electron chi connectivity index (χ4n) is 1.80. The third kappa shape index (κ3) is 2.32. The average Bonchev–Trinajstić information content (AvgIpc) is 2.83. The number of carbonyl (C=O) groups excluding carboxylic acids is 1. The summed E-state index contributed by atoms with van der Waals surface area (Å²) in [5, 5.41) is 11.3. The highest BCUT2D eigenvalue weighted by Gasteiger charge is 2.23. The predicted octanol–water partition coefficient (Wildman–Crippen LogP) is 3.26. The maximum absolute atomic E-state index is 12.0. The summed E-state index contributed by atoms with van der Waals surface area (Å²) < 4.78 is 0. The van der Waals surface area contributed by atoms with E-state index in [1.165, 1.54) is 0 Å². The lowest BCUT2D eigenvalue weighted by Gasteiger charge is -2.10. The normalized spacial score (nSPS) is 16.2. The van der Waals surface area contributed by atoms with Crippen molar-refractivity contribution in [1.29, 1.82) is 0 Å². The van der Waals surface area contributed by atoms with E-state index < -0.39 is 6.17 Å². The van der Waals surface area contributed by atoms with Gasteiger partial charge >= 0.3 is 0 Å². The molecule has 1 unspecified atom stereocenters. The molecule has 1 amide bonds. The second kappa shape index (κ2) is 4.78. The van der Waals surface area contributed by atoms with E-state index in [4.69, 9.17) is 11.6 Å². The first kappa shape index (κ1) is 11.8. The average molecular weight is 273 g/mol. The molecule has 1 aromatic heterocycles. The van der Waals surface area contributed by atoms with Gasteiger partial charge in [-0.2, -0.15) is 5.11 Å². The van der Waals surface area contributed by atoms with Crippen molar-refractivity contribution in [2.24, 2.45) is 10.2 Å². The Labute approximate surface area is 114 Å². The van der Waals surface area contributed by atoms with Crippen LogP contribution >= 0.6 is 11.6 Å². The standard InChI is InChI=1S/C13H9ClN4O/c14-9-5-3-8(4-6-9)13(19)16-12-10-2-1-7-15-11(10)17-18-12/h1-7,12H,(H,16,19). The number of nitrogens with one attached hydrogen (secondary N) is 1. The minimum atomic E-state index is -0.480. The van der Waals surface area contributed by atoms with Crippen LogP contribution in [0.3, 0.4) is 0 Å². The summed E-state index contributed by atoms with van der Waals surface area (Å²) in [4.78, 5) is 16.1. The summed E-state index contributed by atoms with van der Waals surface area (Å²) in [5.41, 5.74) is 1.32. The topological polar surface area (TPSA) is 66.7 Å². The van der Waals surface area contributed by atoms with Crippen molar-refractivity contribution in [3.05, 3.63) is 58.7 Å². The molecule has 3 rings (SSSR count). The van der Waals surface area contributed by atoms with E-state index in [2.05, 4.69) is 20.5 Å². The maximum Gasteiger partial charge on any atom is 0.253 e. The largest absolute Gasteiger partial charge is 0.325 e. The van der Waals surface area contributed by atoms with Gasteiger partial charge in [0, 0.05) is 22.3 Å². The van der Waals surface area contributed by atoms with Crippen LogP contribution in [0.25, 0.3) is 0 Å². The summed E-state index contributed by atoms with van der Waals surface area (Å²) in [7, 11) is 0. The van der Waals surface area contributed by atoms with Crippen molar-refractivity contribution in [3.8, 4) is 0 Å². The van der Waals surface area contributed by atoms with Gasteiger partial charge in [-0.05, 0) is 36.4 Å². The van der Waals surface area contributed by atoms with Crippen molar-refractivity contribution in [2.45, 2.75) is 6.17 Å². The minimum Gasteiger partial charge on any atom is -0.325 e. The number of halogens is 1. The van der Waals surface area contributed by atoms with Crippen molar-refractivity contribution in [3.63, 3.8) is 0 Å². The molecule has 0 aliphatic carbocycles. The highest BCUT2D eigenvalue weighted by molar-refractivity contribution is 6.30. The summed E-state index contributed by atoms with van der Waals surface area (Å²) in [6.07, 6.45) is 1.16. The molecule has 1 aliphatic heterocycles. The molecule has 0 bridgehead atoms. The minimum absolute atomic E-state index is 0.225. The molecule has 1 N–H and O–H groups in total. The second-order valence-corrected chi connectivity index (χ2v) is 4.45. The van der Waals surface area contributed by atoms with Gasteiger partial charge in [-0.25, -0.2) is 4.98 Å². The molecule has 94 valence electrons. The van der Waals surface area contributed by atoms with E-state index >= 15 is 0 Å². The Hall–Kier alpha value is -2.27. The zero-order valence-corrected chi connectivity index (χ0v) is 10.5. The summed E-state index contributed by atoms with van der Waals surface area (Å²) in [5.74, 6) is 0.321. The quantitative estimate of drug-likeness (QED) is 0.912. The molecule has 6 heteroatoms. The third-order valence-electron chi connectivity index (χ3n) is 2.75. The number of amides is 1. The monoisotopic (exact) mass is 272 g/mol. The van der Waals surface area contributed by atoms with Crippen molar-refractivity contribution in [2.75, 3.05) is 0 Å². The van der Waals surface area contributed by atoms with Gasteiger partial charge in [0.15, 0.2) is 12.0 Å². The molecule has 0 fully saturated rings. The molecule has 2 aromatic rings. The maximum atomic E-state index is 12.0. The van der Waals surface area contributed by atoms with E-state index in [-0.39, 0.29) is 5.91 Å². The lowest BCUT2D eigenvalue weighted by Crippen LogP contribution is -2.26. The molecular formula is C13H9ClN4O. The molecule has 5 nitrogen and oxygen atoms in total. The van der Waals surface area contributed by atoms with E-state index in [1.54, 1.807) is 36.5 Å². The highest BCUT2D eigenvalue weighted by atomic mass is 35.5. The van der Waals surface area contributed by atoms with Crippen LogP contribution in [0.5, 0.6) is 0 Å². The molecule has 0 saturated carbocycles. The van der Waals surface area contributed by atoms with Gasteiger partial charge < -0.3 is 5.32 Å². The molecule has 0 saturated heterocycles. The van der Waals surface area contributed by atoms with Crippen molar-refractivity contribution >= 4 is 23.3 Å². The number of carbonyl (C=O) groups is 1. The van der Waals surface area contributed by atoms with Gasteiger partial charge in [0.2, 0.25) is 0 Å². The van der Waals surface area contributed by atoms with Crippen LogP contribution in [0.1, 0.15) is 22.1 Å². The van der Waals surface area contributed by atoms with Gasteiger partial charge in [0.25, 0.3) is 5.91 Å². The third-order valence-corrected chi connectivity index (χ3v) is 3.01. The second-order valence-electron chi connectivity index (χ2n) is 4.01. The van der Waals surface area contributed by atoms with Crippen LogP contribution in [-0.2, 0) is 0 Å². The summed E-state index contributed by atoms with van der Waals surface area (Å²) in [6, 6.07) is 10.3. The number of nitrogens with zero attached hydrogens (tertiary/aromatic N) is 3. The van der Waals surface area contributed by atoms with Crippen LogP contribution in [-0.4, -0.2) is 10.9 Å². The molecule has 19 heavy (non-hydrogen) atoms. The molecule has 1 aromatic carbocycles. The van der Waals surface area contributed by atoms with E-state index in [9.17, 15) is 4.79 Å². The molecule has 0 spiro atoms. The van der Waals surface area contributed by atoms with Crippen LogP contribution in [0.2, 0.25) is 5.02 Å². The zero-order chi connectivity index (χ0) is 13.2. The van der Waals surface area contributed by atoms with Crippen LogP contribution < -0.4 is 5.32 Å². The number of fused-ring (bicyclic) bond motifs is 1. The van der Waals surface area contributed by atoms with Crippen LogP contribution in [0, 0.1) is 0 Å². The van der Waals surface area contributed by atoms with Crippen molar-refractivity contribution in [1.82, 2.24) is 10.3 Å². The Morgan fingerprint density at radius 2 is 2.00 bits per heavy atom. The summed E-state index contributed by atoms with van der Waals surface area (Å²) in [6.45, 7) is 0. The number of hydrogen-bond donors (Lipinski definition) is 1. The number of rotatable bonds is 2. The number of azo groups is 1. The molecule has 0 radical (unpaired) electrons. The predicted molar refractivity (Wildman–Crippen MR) is 70.4 cm³/mol. The van der Waals surface area contributed by atoms with Gasteiger partial charge in [0.1, 0.15) is 0 Å². The Morgan fingerprint density at radius 3 is 2.79 bits per heavy atom. The Morgan fingerprint density at radius 1 is 1.21 bits per heavy atom. The Bertz CT molecular complexity index is 654. The fourth-order valence-corrected chi connectivity index (χ4v) is 1.92. The SMILES string of the molecule is O=C(NC1N=Nc2ncccc21)c1ccc(Cl)cc1. The number of aromatic nitrogens is 1. The van der Waals surface area contributed by atoms with Gasteiger partial charge in [-0.3, -0.25) is 4.79 Å². The van der Waals surface area contributed by atoms with E-state index in [1.807, 2.05) is 6.07 Å². The van der Waals surface area contributed by atoms with Crippen LogP contribution in [0.4, 0.5) is 5.82 Å². The molecule has 2 heterocycles. The first-order chi connectivity index (χ1) is 9.24. The Kier molecular flexibility index (Phi) is 2.97. The first-order valence-electron chi connectivity index (χ1n) is 5.66. The lowest BCUT2D eigenvalue weighted by atomic mass is 10.2. The smallest absolute Gasteiger partial charge is 0.253 e. The lowest BCUT2D eigenvalue weighted by molar-refractivity contribution is 0.0938. The molecule has 1 atom stereocenters. The number of benzene rings is 1. The molecular weight excluding hydrogens is 264 g/mol. The van der Waals surface area contributed by atoms with Crippen LogP contribution in [0.15, 0.2) is 52.8 Å². The highest BCUT2D eigenvalue weighted by Crippen LogP contribution is 2.31. The Balaban J connectivity index is 1.78. The number of hydrogen-bond acceptors (Lipinski definition) is 4. The van der Waals surface area contributed by atoms with Crippen molar-refractivity contribution < 1.29 is 4.79 Å². The van der Waals surface area contributed by atoms with E-state index in [0.717, 1.165) is 5.56 Å². The van der Waals surface area contributed by atoms with E-state index in [0.29, 0.717) is 16.4 Å².